The Labute approximate surface area is 112 Å². The number of hydrogen-bond donors (Lipinski definition) is 1. The molecule has 2 aromatic heterocycles. The Balaban J connectivity index is 1.91. The van der Waals surface area contributed by atoms with E-state index in [1.807, 2.05) is 0 Å². The highest BCUT2D eigenvalue weighted by Gasteiger charge is 2.23. The van der Waals surface area contributed by atoms with E-state index in [0.29, 0.717) is 26.0 Å². The molecule has 3 heterocycles. The van der Waals surface area contributed by atoms with Gasteiger partial charge in [0.15, 0.2) is 5.82 Å². The van der Waals surface area contributed by atoms with E-state index in [-0.39, 0.29) is 6.04 Å². The van der Waals surface area contributed by atoms with Gasteiger partial charge < -0.3 is 9.84 Å². The molecule has 0 aliphatic carbocycles. The van der Waals surface area contributed by atoms with Crippen LogP contribution in [0.25, 0.3) is 11.5 Å². The molecular weight excluding hydrogens is 281 g/mol. The zero-order valence-corrected chi connectivity index (χ0v) is 11.1. The average molecular weight is 290 g/mol. The van der Waals surface area contributed by atoms with Crippen LogP contribution < -0.4 is 5.32 Å². The molecule has 1 atom stereocenters. The van der Waals surface area contributed by atoms with Crippen molar-refractivity contribution in [2.24, 2.45) is 0 Å². The van der Waals surface area contributed by atoms with Gasteiger partial charge >= 0.3 is 0 Å². The first-order valence-electron chi connectivity index (χ1n) is 5.26. The summed E-state index contributed by atoms with van der Waals surface area (Å²) in [6.07, 6.45) is 2.18. The zero-order chi connectivity index (χ0) is 11.8. The largest absolute Gasteiger partial charge is 0.334 e. The van der Waals surface area contributed by atoms with Crippen LogP contribution in [-0.4, -0.2) is 16.7 Å². The molecule has 90 valence electrons. The van der Waals surface area contributed by atoms with Gasteiger partial charge in [-0.05, 0) is 25.5 Å². The molecule has 0 aromatic carbocycles. The van der Waals surface area contributed by atoms with Gasteiger partial charge in [0.1, 0.15) is 4.34 Å². The summed E-state index contributed by atoms with van der Waals surface area (Å²) in [7, 11) is 0. The van der Waals surface area contributed by atoms with E-state index < -0.39 is 0 Å². The highest BCUT2D eigenvalue weighted by atomic mass is 35.5. The summed E-state index contributed by atoms with van der Waals surface area (Å²) in [6.45, 7) is 1.000. The Morgan fingerprint density at radius 1 is 1.47 bits per heavy atom. The molecule has 7 heteroatoms. The van der Waals surface area contributed by atoms with Crippen molar-refractivity contribution >= 4 is 34.5 Å². The molecule has 1 saturated heterocycles. The van der Waals surface area contributed by atoms with E-state index in [2.05, 4.69) is 15.5 Å². The van der Waals surface area contributed by atoms with Crippen LogP contribution in [0.4, 0.5) is 0 Å². The van der Waals surface area contributed by atoms with Gasteiger partial charge in [0, 0.05) is 0 Å². The van der Waals surface area contributed by atoms with Gasteiger partial charge in [-0.2, -0.15) is 4.98 Å². The molecular formula is C10H9Cl2N3OS. The zero-order valence-electron chi connectivity index (χ0n) is 8.74. The summed E-state index contributed by atoms with van der Waals surface area (Å²) in [6, 6.07) is 1.94. The summed E-state index contributed by atoms with van der Waals surface area (Å²) in [5.41, 5.74) is 0.707. The van der Waals surface area contributed by atoms with Crippen LogP contribution in [0.1, 0.15) is 24.7 Å². The second-order valence-electron chi connectivity index (χ2n) is 3.84. The van der Waals surface area contributed by atoms with Crippen molar-refractivity contribution in [3.63, 3.8) is 0 Å². The molecule has 0 bridgehead atoms. The molecule has 1 fully saturated rings. The first kappa shape index (κ1) is 11.5. The molecule has 1 N–H and O–H groups in total. The van der Waals surface area contributed by atoms with Gasteiger partial charge in [-0.1, -0.05) is 28.4 Å². The predicted molar refractivity (Wildman–Crippen MR) is 67.6 cm³/mol. The summed E-state index contributed by atoms with van der Waals surface area (Å²) in [5.74, 6) is 1.12. The number of nitrogens with one attached hydrogen (secondary N) is 1. The number of rotatable bonds is 2. The maximum atomic E-state index is 6.04. The Morgan fingerprint density at radius 3 is 3.00 bits per heavy atom. The molecule has 1 aliphatic heterocycles. The number of hydrogen-bond acceptors (Lipinski definition) is 5. The van der Waals surface area contributed by atoms with Gasteiger partial charge in [0.25, 0.3) is 5.89 Å². The number of thiophene rings is 1. The highest BCUT2D eigenvalue weighted by Crippen LogP contribution is 2.37. The lowest BCUT2D eigenvalue weighted by Gasteiger charge is -2.01. The molecule has 0 saturated carbocycles. The number of nitrogens with zero attached hydrogens (tertiary/aromatic N) is 2. The van der Waals surface area contributed by atoms with E-state index in [1.54, 1.807) is 6.07 Å². The molecule has 3 rings (SSSR count). The van der Waals surface area contributed by atoms with Gasteiger partial charge in [0.05, 0.1) is 15.9 Å². The van der Waals surface area contributed by atoms with Crippen LogP contribution in [0.15, 0.2) is 10.6 Å². The lowest BCUT2D eigenvalue weighted by Crippen LogP contribution is -2.14. The lowest BCUT2D eigenvalue weighted by molar-refractivity contribution is 0.412. The topological polar surface area (TPSA) is 51.0 Å². The van der Waals surface area contributed by atoms with E-state index in [1.165, 1.54) is 11.3 Å². The van der Waals surface area contributed by atoms with Crippen molar-refractivity contribution in [1.29, 1.82) is 0 Å². The highest BCUT2D eigenvalue weighted by molar-refractivity contribution is 7.20. The minimum atomic E-state index is 0.195. The molecule has 17 heavy (non-hydrogen) atoms. The van der Waals surface area contributed by atoms with E-state index in [0.717, 1.165) is 19.4 Å². The minimum Gasteiger partial charge on any atom is -0.334 e. The Kier molecular flexibility index (Phi) is 3.08. The van der Waals surface area contributed by atoms with Crippen molar-refractivity contribution in [1.82, 2.24) is 15.5 Å². The number of aromatic nitrogens is 2. The van der Waals surface area contributed by atoms with Crippen LogP contribution in [0, 0.1) is 0 Å². The fourth-order valence-corrected chi connectivity index (χ4v) is 3.32. The van der Waals surface area contributed by atoms with Crippen LogP contribution >= 0.6 is 34.5 Å². The summed E-state index contributed by atoms with van der Waals surface area (Å²) in [4.78, 5) is 4.36. The van der Waals surface area contributed by atoms with Gasteiger partial charge in [0.2, 0.25) is 0 Å². The van der Waals surface area contributed by atoms with Crippen LogP contribution in [-0.2, 0) is 0 Å². The first-order valence-corrected chi connectivity index (χ1v) is 6.83. The second-order valence-corrected chi connectivity index (χ2v) is 6.13. The van der Waals surface area contributed by atoms with Gasteiger partial charge in [-0.3, -0.25) is 0 Å². The second kappa shape index (κ2) is 4.57. The summed E-state index contributed by atoms with van der Waals surface area (Å²) in [5, 5.41) is 7.30. The fraction of sp³-hybridized carbons (Fsp3) is 0.400. The standard InChI is InChI=1S/C10H9Cl2N3OS/c11-7-4-5(8(12)17-7)10-14-9(15-16-10)6-2-1-3-13-6/h4,6,13H,1-3H2. The fourth-order valence-electron chi connectivity index (χ4n) is 1.88. The Hall–Kier alpha value is -0.620. The third-order valence-corrected chi connectivity index (χ3v) is 4.19. The van der Waals surface area contributed by atoms with Crippen molar-refractivity contribution in [3.8, 4) is 11.5 Å². The van der Waals surface area contributed by atoms with E-state index in [4.69, 9.17) is 27.7 Å². The third-order valence-electron chi connectivity index (χ3n) is 2.70. The molecule has 0 spiro atoms. The molecule has 4 nitrogen and oxygen atoms in total. The Morgan fingerprint density at radius 2 is 2.35 bits per heavy atom. The quantitative estimate of drug-likeness (QED) is 0.919. The lowest BCUT2D eigenvalue weighted by atomic mass is 10.2. The smallest absolute Gasteiger partial charge is 0.260 e. The maximum Gasteiger partial charge on any atom is 0.260 e. The third kappa shape index (κ3) is 2.20. The molecule has 1 aliphatic rings. The molecule has 0 radical (unpaired) electrons. The SMILES string of the molecule is Clc1cc(-c2nc(C3CCCN3)no2)c(Cl)s1. The molecule has 2 aromatic rings. The van der Waals surface area contributed by atoms with Crippen LogP contribution in [0.5, 0.6) is 0 Å². The normalized spacial score (nSPS) is 20.0. The van der Waals surface area contributed by atoms with Crippen molar-refractivity contribution in [3.05, 3.63) is 20.6 Å². The van der Waals surface area contributed by atoms with Crippen LogP contribution in [0.3, 0.4) is 0 Å². The number of halogens is 2. The van der Waals surface area contributed by atoms with Crippen molar-refractivity contribution < 1.29 is 4.52 Å². The Bertz CT molecular complexity index is 533. The van der Waals surface area contributed by atoms with Crippen molar-refractivity contribution in [2.75, 3.05) is 6.54 Å². The van der Waals surface area contributed by atoms with E-state index >= 15 is 0 Å². The van der Waals surface area contributed by atoms with E-state index in [9.17, 15) is 0 Å². The van der Waals surface area contributed by atoms with Crippen LogP contribution in [0.2, 0.25) is 8.67 Å². The first-order chi connectivity index (χ1) is 8.24. The van der Waals surface area contributed by atoms with Crippen molar-refractivity contribution in [2.45, 2.75) is 18.9 Å². The maximum absolute atomic E-state index is 6.04. The summed E-state index contributed by atoms with van der Waals surface area (Å²) < 4.78 is 6.41. The summed E-state index contributed by atoms with van der Waals surface area (Å²) >= 11 is 13.2. The van der Waals surface area contributed by atoms with Gasteiger partial charge in [-0.15, -0.1) is 11.3 Å². The molecule has 0 amide bonds. The van der Waals surface area contributed by atoms with Gasteiger partial charge in [-0.25, -0.2) is 0 Å². The molecule has 1 unspecified atom stereocenters. The minimum absolute atomic E-state index is 0.195. The monoisotopic (exact) mass is 289 g/mol. The average Bonchev–Trinajstić information content (AvgIpc) is 2.97. The predicted octanol–water partition coefficient (Wildman–Crippen LogP) is 3.53.